The van der Waals surface area contributed by atoms with E-state index in [1.54, 1.807) is 45.3 Å². The number of ether oxygens (including phenoxy) is 1. The first-order valence-electron chi connectivity index (χ1n) is 9.46. The van der Waals surface area contributed by atoms with Crippen molar-refractivity contribution in [2.45, 2.75) is 26.4 Å². The van der Waals surface area contributed by atoms with Crippen LogP contribution in [0.2, 0.25) is 0 Å². The van der Waals surface area contributed by atoms with E-state index in [9.17, 15) is 9.90 Å². The maximum atomic E-state index is 12.6. The van der Waals surface area contributed by atoms with E-state index < -0.39 is 6.10 Å². The molecule has 152 valence electrons. The molecular weight excluding hydrogens is 368 g/mol. The van der Waals surface area contributed by atoms with Crippen LogP contribution in [0, 0.1) is 13.8 Å². The van der Waals surface area contributed by atoms with Gasteiger partial charge in [0.2, 0.25) is 11.8 Å². The third-order valence-corrected chi connectivity index (χ3v) is 4.88. The van der Waals surface area contributed by atoms with Crippen LogP contribution in [0.1, 0.15) is 28.7 Å². The number of likely N-dealkylation sites (N-methyl/N-ethyl adjacent to an activating group) is 1. The highest BCUT2D eigenvalue weighted by molar-refractivity contribution is 5.78. The van der Waals surface area contributed by atoms with Gasteiger partial charge in [-0.1, -0.05) is 29.8 Å². The second-order valence-corrected chi connectivity index (χ2v) is 7.13. The largest absolute Gasteiger partial charge is 0.497 e. The number of benzene rings is 2. The van der Waals surface area contributed by atoms with Gasteiger partial charge in [0.15, 0.2) is 0 Å². The molecule has 1 aromatic heterocycles. The molecule has 3 aromatic rings. The molecule has 0 bridgehead atoms. The molecule has 6 nitrogen and oxygen atoms in total. The lowest BCUT2D eigenvalue weighted by atomic mass is 10.1. The number of nitrogens with zero attached hydrogens (tertiary/aromatic N) is 2. The van der Waals surface area contributed by atoms with E-state index in [-0.39, 0.29) is 18.9 Å². The number of methoxy groups -OCH3 is 1. The maximum Gasteiger partial charge on any atom is 0.228 e. The van der Waals surface area contributed by atoms with Crippen molar-refractivity contribution < 1.29 is 19.1 Å². The number of hydrogen-bond donors (Lipinski definition) is 1. The molecule has 1 heterocycles. The van der Waals surface area contributed by atoms with Crippen molar-refractivity contribution in [2.75, 3.05) is 20.7 Å². The molecule has 3 rings (SSSR count). The normalized spacial score (nSPS) is 11.9. The third kappa shape index (κ3) is 5.03. The fourth-order valence-electron chi connectivity index (χ4n) is 2.98. The summed E-state index contributed by atoms with van der Waals surface area (Å²) in [4.78, 5) is 18.6. The predicted molar refractivity (Wildman–Crippen MR) is 111 cm³/mol. The third-order valence-electron chi connectivity index (χ3n) is 4.88. The lowest BCUT2D eigenvalue weighted by molar-refractivity contribution is -0.130. The molecule has 0 saturated carbocycles. The summed E-state index contributed by atoms with van der Waals surface area (Å²) < 4.78 is 10.9. The molecular formula is C23H26N2O4. The van der Waals surface area contributed by atoms with Crippen molar-refractivity contribution in [3.8, 4) is 17.2 Å². The number of amides is 1. The van der Waals surface area contributed by atoms with E-state index >= 15 is 0 Å². The second-order valence-electron chi connectivity index (χ2n) is 7.13. The number of carbonyl (C=O) groups excluding carboxylic acids is 1. The van der Waals surface area contributed by atoms with E-state index in [4.69, 9.17) is 9.15 Å². The zero-order valence-electron chi connectivity index (χ0n) is 17.2. The standard InChI is InChI=1S/C23H26N2O4/c1-15-5-7-18(8-6-15)23-24-20(16(2)29-23)13-22(27)25(3)14-21(26)17-9-11-19(28-4)12-10-17/h5-12,21,26H,13-14H2,1-4H3. The fraction of sp³-hybridized carbons (Fsp3) is 0.304. The first kappa shape index (κ1) is 20.6. The van der Waals surface area contributed by atoms with Crippen LogP contribution < -0.4 is 4.74 Å². The minimum absolute atomic E-state index is 0.118. The van der Waals surface area contributed by atoms with Gasteiger partial charge in [0.05, 0.1) is 31.9 Å². The minimum Gasteiger partial charge on any atom is -0.497 e. The fourth-order valence-corrected chi connectivity index (χ4v) is 2.98. The number of aliphatic hydroxyl groups is 1. The van der Waals surface area contributed by atoms with Crippen molar-refractivity contribution in [3.63, 3.8) is 0 Å². The summed E-state index contributed by atoms with van der Waals surface area (Å²) in [5, 5.41) is 10.4. The Morgan fingerprint density at radius 3 is 2.41 bits per heavy atom. The van der Waals surface area contributed by atoms with Crippen LogP contribution >= 0.6 is 0 Å². The summed E-state index contributed by atoms with van der Waals surface area (Å²) in [6.07, 6.45) is -0.663. The first-order chi connectivity index (χ1) is 13.9. The molecule has 0 aliphatic rings. The van der Waals surface area contributed by atoms with Gasteiger partial charge in [0.25, 0.3) is 0 Å². The molecule has 2 aromatic carbocycles. The summed E-state index contributed by atoms with van der Waals surface area (Å²) in [5.41, 5.74) is 3.37. The van der Waals surface area contributed by atoms with Crippen molar-refractivity contribution in [1.29, 1.82) is 0 Å². The molecule has 0 fully saturated rings. The van der Waals surface area contributed by atoms with Gasteiger partial charge in [-0.05, 0) is 43.7 Å². The molecule has 1 atom stereocenters. The van der Waals surface area contributed by atoms with Crippen LogP contribution in [-0.4, -0.2) is 41.6 Å². The second kappa shape index (κ2) is 8.92. The Balaban J connectivity index is 1.63. The van der Waals surface area contributed by atoms with Crippen molar-refractivity contribution in [3.05, 3.63) is 71.1 Å². The Labute approximate surface area is 170 Å². The van der Waals surface area contributed by atoms with Crippen LogP contribution in [0.25, 0.3) is 11.5 Å². The summed E-state index contributed by atoms with van der Waals surface area (Å²) in [7, 11) is 3.26. The minimum atomic E-state index is -0.781. The molecule has 1 N–H and O–H groups in total. The van der Waals surface area contributed by atoms with Gasteiger partial charge in [-0.2, -0.15) is 0 Å². The lowest BCUT2D eigenvalue weighted by Gasteiger charge is -2.21. The molecule has 29 heavy (non-hydrogen) atoms. The Hall–Kier alpha value is -3.12. The SMILES string of the molecule is COc1ccc(C(O)CN(C)C(=O)Cc2nc(-c3ccc(C)cc3)oc2C)cc1. The number of rotatable bonds is 7. The van der Waals surface area contributed by atoms with Crippen LogP contribution in [0.3, 0.4) is 0 Å². The van der Waals surface area contributed by atoms with E-state index in [0.717, 1.165) is 22.4 Å². The van der Waals surface area contributed by atoms with Crippen molar-refractivity contribution in [2.24, 2.45) is 0 Å². The van der Waals surface area contributed by atoms with E-state index in [1.165, 1.54) is 4.90 Å². The zero-order chi connectivity index (χ0) is 21.0. The Morgan fingerprint density at radius 1 is 1.14 bits per heavy atom. The van der Waals surface area contributed by atoms with Crippen molar-refractivity contribution >= 4 is 5.91 Å². The van der Waals surface area contributed by atoms with Crippen LogP contribution in [0.15, 0.2) is 52.9 Å². The highest BCUT2D eigenvalue weighted by Gasteiger charge is 2.19. The molecule has 0 saturated heterocycles. The highest BCUT2D eigenvalue weighted by atomic mass is 16.5. The molecule has 1 amide bonds. The number of aromatic nitrogens is 1. The molecule has 0 aliphatic heterocycles. The lowest BCUT2D eigenvalue weighted by Crippen LogP contribution is -2.32. The van der Waals surface area contributed by atoms with Gasteiger partial charge in [-0.25, -0.2) is 4.98 Å². The van der Waals surface area contributed by atoms with Gasteiger partial charge < -0.3 is 19.2 Å². The molecule has 6 heteroatoms. The monoisotopic (exact) mass is 394 g/mol. The average molecular weight is 394 g/mol. The molecule has 0 aliphatic carbocycles. The molecule has 1 unspecified atom stereocenters. The topological polar surface area (TPSA) is 75.8 Å². The number of carbonyl (C=O) groups is 1. The number of oxazole rings is 1. The van der Waals surface area contributed by atoms with Gasteiger partial charge >= 0.3 is 0 Å². The van der Waals surface area contributed by atoms with E-state index in [1.807, 2.05) is 31.2 Å². The summed E-state index contributed by atoms with van der Waals surface area (Å²) in [6, 6.07) is 15.0. The van der Waals surface area contributed by atoms with Gasteiger partial charge in [-0.3, -0.25) is 4.79 Å². The Kier molecular flexibility index (Phi) is 6.34. The molecule has 0 spiro atoms. The van der Waals surface area contributed by atoms with E-state index in [2.05, 4.69) is 4.98 Å². The maximum absolute atomic E-state index is 12.6. The summed E-state index contributed by atoms with van der Waals surface area (Å²) in [5.74, 6) is 1.71. The number of aliphatic hydroxyl groups excluding tert-OH is 1. The van der Waals surface area contributed by atoms with Crippen molar-refractivity contribution in [1.82, 2.24) is 9.88 Å². The smallest absolute Gasteiger partial charge is 0.228 e. The Bertz CT molecular complexity index is 962. The summed E-state index contributed by atoms with van der Waals surface area (Å²) >= 11 is 0. The van der Waals surface area contributed by atoms with Crippen LogP contribution in [0.4, 0.5) is 0 Å². The average Bonchev–Trinajstić information content (AvgIpc) is 3.08. The van der Waals surface area contributed by atoms with Crippen LogP contribution in [0.5, 0.6) is 5.75 Å². The van der Waals surface area contributed by atoms with Gasteiger partial charge in [-0.15, -0.1) is 0 Å². The Morgan fingerprint density at radius 2 is 1.79 bits per heavy atom. The van der Waals surface area contributed by atoms with Crippen LogP contribution in [-0.2, 0) is 11.2 Å². The summed E-state index contributed by atoms with van der Waals surface area (Å²) in [6.45, 7) is 4.01. The number of aryl methyl sites for hydroxylation is 2. The highest BCUT2D eigenvalue weighted by Crippen LogP contribution is 2.23. The number of hydrogen-bond acceptors (Lipinski definition) is 5. The molecule has 0 radical (unpaired) electrons. The van der Waals surface area contributed by atoms with Gasteiger partial charge in [0.1, 0.15) is 11.5 Å². The van der Waals surface area contributed by atoms with Gasteiger partial charge in [0, 0.05) is 12.6 Å². The quantitative estimate of drug-likeness (QED) is 0.661. The zero-order valence-corrected chi connectivity index (χ0v) is 17.2. The predicted octanol–water partition coefficient (Wildman–Crippen LogP) is 3.70. The first-order valence-corrected chi connectivity index (χ1v) is 9.46. The van der Waals surface area contributed by atoms with E-state index in [0.29, 0.717) is 17.3 Å².